The molecule has 1 aromatic carbocycles. The van der Waals surface area contributed by atoms with Gasteiger partial charge < -0.3 is 14.6 Å². The highest BCUT2D eigenvalue weighted by atomic mass is 32.2. The lowest BCUT2D eigenvalue weighted by Crippen LogP contribution is -2.38. The quantitative estimate of drug-likeness (QED) is 0.463. The van der Waals surface area contributed by atoms with Crippen molar-refractivity contribution in [2.45, 2.75) is 57.0 Å². The Morgan fingerprint density at radius 3 is 2.67 bits per heavy atom. The number of benzene rings is 1. The summed E-state index contributed by atoms with van der Waals surface area (Å²) in [6, 6.07) is 5.00. The average molecular weight is 498 g/mol. The molecule has 0 aliphatic carbocycles. The normalized spacial score (nSPS) is 15.5. The minimum absolute atomic E-state index is 0.200. The lowest BCUT2D eigenvalue weighted by atomic mass is 9.91. The number of nitrogens with one attached hydrogen (secondary N) is 1. The first-order chi connectivity index (χ1) is 15.7. The van der Waals surface area contributed by atoms with Crippen LogP contribution in [-0.2, 0) is 21.2 Å². The van der Waals surface area contributed by atoms with Crippen LogP contribution in [0.4, 0.5) is 5.13 Å². The van der Waals surface area contributed by atoms with Crippen LogP contribution in [0.1, 0.15) is 44.4 Å². The maximum absolute atomic E-state index is 12.9. The summed E-state index contributed by atoms with van der Waals surface area (Å²) in [6.07, 6.45) is 2.56. The number of thiazole rings is 1. The number of morpholine rings is 1. The Morgan fingerprint density at radius 2 is 2.00 bits per heavy atom. The summed E-state index contributed by atoms with van der Waals surface area (Å²) < 4.78 is 39.6. The van der Waals surface area contributed by atoms with Gasteiger partial charge in [-0.05, 0) is 56.4 Å². The van der Waals surface area contributed by atoms with E-state index in [2.05, 4.69) is 14.6 Å². The number of aryl methyl sites for hydroxylation is 2. The number of nitrogens with zero attached hydrogens (tertiary/aromatic N) is 2. The van der Waals surface area contributed by atoms with Gasteiger partial charge in [0.1, 0.15) is 12.4 Å². The summed E-state index contributed by atoms with van der Waals surface area (Å²) in [4.78, 5) is 6.89. The SMILES string of the molecule is CCC(O)(CC)CCc1csc(NS(=O)(=O)c2ccc(OCCN3CCOCC3)cc2C)n1. The topological polar surface area (TPSA) is 101 Å². The fraction of sp³-hybridized carbons (Fsp3) is 0.609. The minimum atomic E-state index is -3.77. The van der Waals surface area contributed by atoms with Crippen molar-refractivity contribution >= 4 is 26.5 Å². The Hall–Kier alpha value is -1.72. The highest BCUT2D eigenvalue weighted by molar-refractivity contribution is 7.93. The van der Waals surface area contributed by atoms with Crippen molar-refractivity contribution in [3.63, 3.8) is 0 Å². The molecule has 1 saturated heterocycles. The molecule has 2 heterocycles. The first-order valence-corrected chi connectivity index (χ1v) is 13.8. The molecule has 0 atom stereocenters. The fourth-order valence-corrected chi connectivity index (χ4v) is 5.96. The summed E-state index contributed by atoms with van der Waals surface area (Å²) in [5.41, 5.74) is 0.685. The smallest absolute Gasteiger partial charge is 0.263 e. The van der Waals surface area contributed by atoms with E-state index in [9.17, 15) is 13.5 Å². The number of ether oxygens (including phenoxy) is 2. The van der Waals surface area contributed by atoms with Crippen LogP contribution in [-0.4, -0.2) is 68.5 Å². The van der Waals surface area contributed by atoms with E-state index in [4.69, 9.17) is 9.47 Å². The molecule has 0 unspecified atom stereocenters. The lowest BCUT2D eigenvalue weighted by molar-refractivity contribution is 0.0237. The Balaban J connectivity index is 1.57. The molecule has 1 aliphatic rings. The molecule has 33 heavy (non-hydrogen) atoms. The van der Waals surface area contributed by atoms with Gasteiger partial charge in [0.15, 0.2) is 5.13 Å². The summed E-state index contributed by atoms with van der Waals surface area (Å²) in [6.45, 7) is 10.3. The van der Waals surface area contributed by atoms with Crippen molar-refractivity contribution < 1.29 is 23.0 Å². The van der Waals surface area contributed by atoms with Crippen LogP contribution in [0.15, 0.2) is 28.5 Å². The molecule has 0 saturated carbocycles. The highest BCUT2D eigenvalue weighted by Crippen LogP contribution is 2.27. The molecule has 3 rings (SSSR count). The molecular weight excluding hydrogens is 462 g/mol. The van der Waals surface area contributed by atoms with E-state index in [1.54, 1.807) is 25.1 Å². The van der Waals surface area contributed by atoms with Gasteiger partial charge in [0.2, 0.25) is 0 Å². The predicted octanol–water partition coefficient (Wildman–Crippen LogP) is 3.45. The summed E-state index contributed by atoms with van der Waals surface area (Å²) in [5, 5.41) is 12.6. The van der Waals surface area contributed by atoms with Gasteiger partial charge in [-0.2, -0.15) is 0 Å². The Morgan fingerprint density at radius 1 is 1.27 bits per heavy atom. The number of hydrogen-bond donors (Lipinski definition) is 2. The monoisotopic (exact) mass is 497 g/mol. The van der Waals surface area contributed by atoms with Crippen LogP contribution in [0.2, 0.25) is 0 Å². The Labute approximate surface area is 201 Å². The summed E-state index contributed by atoms with van der Waals surface area (Å²) in [7, 11) is -3.77. The lowest BCUT2D eigenvalue weighted by Gasteiger charge is -2.26. The molecule has 0 spiro atoms. The molecule has 184 valence electrons. The van der Waals surface area contributed by atoms with Crippen LogP contribution in [0.25, 0.3) is 0 Å². The largest absolute Gasteiger partial charge is 0.492 e. The number of aromatic nitrogens is 1. The molecule has 2 N–H and O–H groups in total. The molecule has 2 aromatic rings. The van der Waals surface area contributed by atoms with Gasteiger partial charge in [0.05, 0.1) is 29.4 Å². The number of sulfonamides is 1. The molecule has 1 aliphatic heterocycles. The van der Waals surface area contributed by atoms with Gasteiger partial charge in [-0.25, -0.2) is 13.4 Å². The van der Waals surface area contributed by atoms with Gasteiger partial charge in [-0.15, -0.1) is 11.3 Å². The average Bonchev–Trinajstić information content (AvgIpc) is 3.24. The minimum Gasteiger partial charge on any atom is -0.492 e. The molecule has 8 nitrogen and oxygen atoms in total. The molecule has 1 aromatic heterocycles. The van der Waals surface area contributed by atoms with Crippen LogP contribution in [0, 0.1) is 6.92 Å². The van der Waals surface area contributed by atoms with Gasteiger partial charge in [-0.3, -0.25) is 9.62 Å². The molecule has 0 bridgehead atoms. The van der Waals surface area contributed by atoms with E-state index in [1.165, 1.54) is 11.3 Å². The van der Waals surface area contributed by atoms with E-state index in [1.807, 2.05) is 19.2 Å². The van der Waals surface area contributed by atoms with Gasteiger partial charge >= 0.3 is 0 Å². The third-order valence-corrected chi connectivity index (χ3v) is 8.59. The van der Waals surface area contributed by atoms with Crippen molar-refractivity contribution in [1.29, 1.82) is 0 Å². The first kappa shape index (κ1) is 25.9. The third kappa shape index (κ3) is 7.38. The van der Waals surface area contributed by atoms with Crippen LogP contribution in [0.3, 0.4) is 0 Å². The maximum atomic E-state index is 12.9. The fourth-order valence-electron chi connectivity index (χ4n) is 3.73. The zero-order valence-electron chi connectivity index (χ0n) is 19.7. The van der Waals surface area contributed by atoms with Crippen molar-refractivity contribution in [3.8, 4) is 5.75 Å². The van der Waals surface area contributed by atoms with Crippen molar-refractivity contribution in [2.75, 3.05) is 44.2 Å². The second-order valence-electron chi connectivity index (χ2n) is 8.41. The van der Waals surface area contributed by atoms with Crippen LogP contribution < -0.4 is 9.46 Å². The zero-order valence-corrected chi connectivity index (χ0v) is 21.3. The van der Waals surface area contributed by atoms with Crippen molar-refractivity contribution in [3.05, 3.63) is 34.8 Å². The van der Waals surface area contributed by atoms with Gasteiger partial charge in [-0.1, -0.05) is 13.8 Å². The molecule has 0 amide bonds. The Kier molecular flexibility index (Phi) is 9.11. The number of hydrogen-bond acceptors (Lipinski definition) is 8. The molecular formula is C23H35N3O5S2. The number of aliphatic hydroxyl groups is 1. The van der Waals surface area contributed by atoms with Crippen molar-refractivity contribution in [1.82, 2.24) is 9.88 Å². The number of anilines is 1. The van der Waals surface area contributed by atoms with Crippen LogP contribution in [0.5, 0.6) is 5.75 Å². The summed E-state index contributed by atoms with van der Waals surface area (Å²) in [5.74, 6) is 0.649. The maximum Gasteiger partial charge on any atom is 0.263 e. The first-order valence-electron chi connectivity index (χ1n) is 11.5. The molecule has 10 heteroatoms. The second kappa shape index (κ2) is 11.6. The van der Waals surface area contributed by atoms with Crippen molar-refractivity contribution in [2.24, 2.45) is 0 Å². The molecule has 1 fully saturated rings. The van der Waals surface area contributed by atoms with E-state index < -0.39 is 15.6 Å². The summed E-state index contributed by atoms with van der Waals surface area (Å²) >= 11 is 1.25. The highest BCUT2D eigenvalue weighted by Gasteiger charge is 2.23. The predicted molar refractivity (Wildman–Crippen MR) is 131 cm³/mol. The second-order valence-corrected chi connectivity index (χ2v) is 10.9. The van der Waals surface area contributed by atoms with Crippen LogP contribution >= 0.6 is 11.3 Å². The van der Waals surface area contributed by atoms with E-state index in [0.717, 1.165) is 38.5 Å². The van der Waals surface area contributed by atoms with Gasteiger partial charge in [0.25, 0.3) is 10.0 Å². The number of rotatable bonds is 12. The zero-order chi connectivity index (χ0) is 23.9. The van der Waals surface area contributed by atoms with Gasteiger partial charge in [0, 0.05) is 25.0 Å². The third-order valence-electron chi connectivity index (χ3n) is 6.15. The van der Waals surface area contributed by atoms with E-state index in [-0.39, 0.29) is 4.90 Å². The molecule has 0 radical (unpaired) electrons. The van der Waals surface area contributed by atoms with E-state index >= 15 is 0 Å². The Bertz CT molecular complexity index is 999. The standard InChI is InChI=1S/C23H35N3O5S2/c1-4-23(27,5-2)9-8-19-17-32-22(24-19)25-33(28,29)21-7-6-20(16-18(21)3)31-15-12-26-10-13-30-14-11-26/h6-7,16-17,27H,4-5,8-15H2,1-3H3,(H,24,25). The van der Waals surface area contributed by atoms with E-state index in [0.29, 0.717) is 48.7 Å².